The lowest BCUT2D eigenvalue weighted by atomic mass is 10.0. The molecule has 1 aliphatic rings. The molecule has 1 heterocycles. The van der Waals surface area contributed by atoms with Gasteiger partial charge in [-0.15, -0.1) is 0 Å². The van der Waals surface area contributed by atoms with Crippen molar-refractivity contribution >= 4 is 23.0 Å². The van der Waals surface area contributed by atoms with Crippen LogP contribution < -0.4 is 15.5 Å². The molecule has 0 radical (unpaired) electrons. The number of nitrogens with one attached hydrogen (secondary N) is 2. The summed E-state index contributed by atoms with van der Waals surface area (Å²) in [7, 11) is 0. The minimum Gasteiger partial charge on any atom is -0.451 e. The summed E-state index contributed by atoms with van der Waals surface area (Å²) in [5.74, 6) is -8.84. The summed E-state index contributed by atoms with van der Waals surface area (Å²) in [6.07, 6.45) is 0. The highest BCUT2D eigenvalue weighted by Gasteiger charge is 2.28. The van der Waals surface area contributed by atoms with Gasteiger partial charge in [-0.25, -0.2) is 27.4 Å². The molecule has 0 spiro atoms. The molecule has 0 saturated heterocycles. The van der Waals surface area contributed by atoms with Crippen molar-refractivity contribution in [1.29, 1.82) is 0 Å². The third kappa shape index (κ3) is 5.37. The number of anilines is 1. The molecule has 5 rings (SSSR count). The molecule has 0 unspecified atom stereocenters. The van der Waals surface area contributed by atoms with Crippen LogP contribution >= 0.6 is 0 Å². The molecule has 0 atom stereocenters. The Balaban J connectivity index is 1.32. The van der Waals surface area contributed by atoms with E-state index in [1.54, 1.807) is 12.1 Å². The van der Waals surface area contributed by atoms with Gasteiger partial charge >= 0.3 is 6.03 Å². The molecule has 0 saturated carbocycles. The van der Waals surface area contributed by atoms with E-state index in [-0.39, 0.29) is 24.0 Å². The van der Waals surface area contributed by atoms with Gasteiger partial charge in [0.25, 0.3) is 0 Å². The zero-order chi connectivity index (χ0) is 27.7. The molecule has 1 aliphatic heterocycles. The van der Waals surface area contributed by atoms with Gasteiger partial charge in [0, 0.05) is 17.3 Å². The average molecular weight is 541 g/mol. The lowest BCUT2D eigenvalue weighted by Gasteiger charge is -2.19. The van der Waals surface area contributed by atoms with Crippen LogP contribution in [0.2, 0.25) is 0 Å². The molecule has 11 heteroatoms. The zero-order valence-electron chi connectivity index (χ0n) is 19.7. The van der Waals surface area contributed by atoms with Crippen LogP contribution in [-0.2, 0) is 0 Å². The normalized spacial score (nSPS) is 12.9. The minimum atomic E-state index is -1.69. The van der Waals surface area contributed by atoms with E-state index in [9.17, 15) is 31.1 Å². The van der Waals surface area contributed by atoms with Crippen molar-refractivity contribution in [2.45, 2.75) is 0 Å². The highest BCUT2D eigenvalue weighted by Crippen LogP contribution is 2.33. The SMILES string of the molecule is O=C(Nc1ccc(Oc2c(F)c(F)cc(F)c2F)cc1)N1CC(c2ccc(F)cc2)=C(c2ccc(F)cc2)N1. The number of hydrogen-bond acceptors (Lipinski definition) is 3. The molecule has 198 valence electrons. The number of carbonyl (C=O) groups excluding carboxylic acids is 1. The fourth-order valence-electron chi connectivity index (χ4n) is 3.90. The number of hydrogen-bond donors (Lipinski definition) is 2. The standard InChI is InChI=1S/C28H17F6N3O2/c29-17-5-1-15(2-6-17)21-14-37(36-26(21)16-3-7-18(30)8-4-16)28(38)35-19-9-11-20(12-10-19)39-27-24(33)22(31)13-23(32)25(27)34/h1-13,36H,14H2,(H,35,38). The van der Waals surface area contributed by atoms with Crippen LogP contribution in [0.1, 0.15) is 11.1 Å². The Morgan fingerprint density at radius 1 is 0.744 bits per heavy atom. The van der Waals surface area contributed by atoms with Gasteiger partial charge in [0.2, 0.25) is 17.4 Å². The van der Waals surface area contributed by atoms with Gasteiger partial charge in [-0.2, -0.15) is 8.78 Å². The highest BCUT2D eigenvalue weighted by molar-refractivity contribution is 5.98. The lowest BCUT2D eigenvalue weighted by Crippen LogP contribution is -2.40. The summed E-state index contributed by atoms with van der Waals surface area (Å²) in [5, 5.41) is 3.88. The van der Waals surface area contributed by atoms with Crippen molar-refractivity contribution in [3.05, 3.63) is 125 Å². The summed E-state index contributed by atoms with van der Waals surface area (Å²) in [6.45, 7) is 0.0784. The Morgan fingerprint density at radius 3 is 1.85 bits per heavy atom. The number of hydrazine groups is 1. The predicted molar refractivity (Wildman–Crippen MR) is 131 cm³/mol. The van der Waals surface area contributed by atoms with Crippen LogP contribution in [0.5, 0.6) is 11.5 Å². The van der Waals surface area contributed by atoms with Crippen LogP contribution in [0, 0.1) is 34.9 Å². The number of urea groups is 1. The molecule has 2 amide bonds. The first-order chi connectivity index (χ1) is 18.7. The Bertz CT molecular complexity index is 1490. The van der Waals surface area contributed by atoms with E-state index >= 15 is 0 Å². The van der Waals surface area contributed by atoms with E-state index < -0.39 is 46.7 Å². The Kier molecular flexibility index (Phi) is 6.88. The van der Waals surface area contributed by atoms with Gasteiger partial charge in [0.1, 0.15) is 17.4 Å². The van der Waals surface area contributed by atoms with E-state index in [2.05, 4.69) is 10.7 Å². The highest BCUT2D eigenvalue weighted by atomic mass is 19.2. The van der Waals surface area contributed by atoms with Crippen molar-refractivity contribution in [1.82, 2.24) is 10.4 Å². The fraction of sp³-hybridized carbons (Fsp3) is 0.0357. The molecule has 5 nitrogen and oxygen atoms in total. The number of carbonyl (C=O) groups is 1. The first-order valence-corrected chi connectivity index (χ1v) is 11.4. The topological polar surface area (TPSA) is 53.6 Å². The van der Waals surface area contributed by atoms with E-state index in [4.69, 9.17) is 4.74 Å². The number of benzene rings is 4. The molecule has 4 aromatic carbocycles. The van der Waals surface area contributed by atoms with Crippen molar-refractivity contribution in [2.24, 2.45) is 0 Å². The maximum absolute atomic E-state index is 13.9. The predicted octanol–water partition coefficient (Wildman–Crippen LogP) is 7.23. The minimum absolute atomic E-state index is 0.0698. The van der Waals surface area contributed by atoms with Gasteiger partial charge in [-0.1, -0.05) is 12.1 Å². The van der Waals surface area contributed by atoms with Crippen LogP contribution in [0.15, 0.2) is 78.9 Å². The summed E-state index contributed by atoms with van der Waals surface area (Å²) in [4.78, 5) is 13.0. The second-order valence-electron chi connectivity index (χ2n) is 8.42. The maximum atomic E-state index is 13.9. The van der Waals surface area contributed by atoms with Crippen LogP contribution in [0.4, 0.5) is 36.8 Å². The van der Waals surface area contributed by atoms with Crippen molar-refractivity contribution < 1.29 is 35.9 Å². The number of amides is 2. The van der Waals surface area contributed by atoms with E-state index in [1.165, 1.54) is 65.7 Å². The average Bonchev–Trinajstić information content (AvgIpc) is 3.37. The molecule has 0 fully saturated rings. The van der Waals surface area contributed by atoms with Crippen LogP contribution in [-0.4, -0.2) is 17.6 Å². The molecule has 0 bridgehead atoms. The molecular weight excluding hydrogens is 524 g/mol. The maximum Gasteiger partial charge on any atom is 0.340 e. The summed E-state index contributed by atoms with van der Waals surface area (Å²) < 4.78 is 86.6. The Morgan fingerprint density at radius 2 is 1.28 bits per heavy atom. The monoisotopic (exact) mass is 541 g/mol. The first kappa shape index (κ1) is 25.7. The molecule has 0 aromatic heterocycles. The largest absolute Gasteiger partial charge is 0.451 e. The summed E-state index contributed by atoms with van der Waals surface area (Å²) in [6, 6.07) is 16.0. The molecule has 2 N–H and O–H groups in total. The van der Waals surface area contributed by atoms with Crippen LogP contribution in [0.25, 0.3) is 11.3 Å². The molecular formula is C28H17F6N3O2. The van der Waals surface area contributed by atoms with Crippen molar-refractivity contribution in [3.8, 4) is 11.5 Å². The number of rotatable bonds is 5. The van der Waals surface area contributed by atoms with E-state index in [1.807, 2.05) is 0 Å². The Labute approximate surface area is 217 Å². The van der Waals surface area contributed by atoms with Crippen molar-refractivity contribution in [2.75, 3.05) is 11.9 Å². The number of nitrogens with zero attached hydrogens (tertiary/aromatic N) is 1. The molecule has 39 heavy (non-hydrogen) atoms. The lowest BCUT2D eigenvalue weighted by molar-refractivity contribution is 0.210. The first-order valence-electron chi connectivity index (χ1n) is 11.4. The zero-order valence-corrected chi connectivity index (χ0v) is 19.7. The number of ether oxygens (including phenoxy) is 1. The summed E-state index contributed by atoms with van der Waals surface area (Å²) >= 11 is 0. The van der Waals surface area contributed by atoms with Gasteiger partial charge < -0.3 is 10.1 Å². The summed E-state index contributed by atoms with van der Waals surface area (Å²) in [5.41, 5.74) is 5.67. The smallest absolute Gasteiger partial charge is 0.340 e. The third-order valence-electron chi connectivity index (χ3n) is 5.83. The third-order valence-corrected chi connectivity index (χ3v) is 5.83. The molecule has 0 aliphatic carbocycles. The van der Waals surface area contributed by atoms with Crippen LogP contribution in [0.3, 0.4) is 0 Å². The van der Waals surface area contributed by atoms with E-state index in [0.717, 1.165) is 0 Å². The molecule has 4 aromatic rings. The van der Waals surface area contributed by atoms with Gasteiger partial charge in [-0.05, 0) is 71.8 Å². The quantitative estimate of drug-likeness (QED) is 0.207. The second kappa shape index (κ2) is 10.4. The Hall–Kier alpha value is -4.93. The van der Waals surface area contributed by atoms with Crippen molar-refractivity contribution in [3.63, 3.8) is 0 Å². The van der Waals surface area contributed by atoms with Gasteiger partial charge in [-0.3, -0.25) is 5.43 Å². The van der Waals surface area contributed by atoms with E-state index in [0.29, 0.717) is 22.4 Å². The van der Waals surface area contributed by atoms with Gasteiger partial charge in [0.05, 0.1) is 12.2 Å². The fourth-order valence-corrected chi connectivity index (χ4v) is 3.90. The second-order valence-corrected chi connectivity index (χ2v) is 8.42. The van der Waals surface area contributed by atoms with Gasteiger partial charge in [0.15, 0.2) is 11.6 Å². The number of halogens is 6.